The maximum absolute atomic E-state index is 3.49. The maximum atomic E-state index is 3.49. The molecular formula is C16H27N. The molecule has 0 aromatic heterocycles. The Hall–Kier alpha value is -0.820. The molecule has 0 aliphatic rings. The number of nitrogens with one attached hydrogen (secondary N) is 1. The predicted molar refractivity (Wildman–Crippen MR) is 76.3 cm³/mol. The molecule has 1 nitrogen and oxygen atoms in total. The van der Waals surface area contributed by atoms with E-state index in [1.165, 1.54) is 30.4 Å². The Morgan fingerprint density at radius 3 is 2.24 bits per heavy atom. The summed E-state index contributed by atoms with van der Waals surface area (Å²) in [6, 6.07) is 9.35. The minimum Gasteiger partial charge on any atom is -0.313 e. The molecule has 96 valence electrons. The van der Waals surface area contributed by atoms with Crippen molar-refractivity contribution in [2.75, 3.05) is 7.05 Å². The van der Waals surface area contributed by atoms with Crippen molar-refractivity contribution in [3.63, 3.8) is 0 Å². The van der Waals surface area contributed by atoms with E-state index in [1.807, 2.05) is 0 Å². The van der Waals surface area contributed by atoms with Gasteiger partial charge < -0.3 is 5.32 Å². The molecule has 1 heteroatoms. The SMILES string of the molecule is CCc1ccccc1C(CC(CC)CC)NC. The van der Waals surface area contributed by atoms with Gasteiger partial charge in [-0.15, -0.1) is 0 Å². The average Bonchev–Trinajstić information content (AvgIpc) is 2.40. The average molecular weight is 233 g/mol. The van der Waals surface area contributed by atoms with E-state index in [0.717, 1.165) is 12.3 Å². The summed E-state index contributed by atoms with van der Waals surface area (Å²) < 4.78 is 0. The van der Waals surface area contributed by atoms with Crippen LogP contribution in [-0.2, 0) is 6.42 Å². The maximum Gasteiger partial charge on any atom is 0.0322 e. The Labute approximate surface area is 107 Å². The predicted octanol–water partition coefficient (Wildman–Crippen LogP) is 4.34. The van der Waals surface area contributed by atoms with Gasteiger partial charge in [-0.05, 0) is 36.9 Å². The van der Waals surface area contributed by atoms with Crippen LogP contribution in [0, 0.1) is 5.92 Å². The minimum absolute atomic E-state index is 0.510. The van der Waals surface area contributed by atoms with Gasteiger partial charge in [0, 0.05) is 6.04 Å². The summed E-state index contributed by atoms with van der Waals surface area (Å²) in [6.07, 6.45) is 4.93. The summed E-state index contributed by atoms with van der Waals surface area (Å²) in [5.74, 6) is 0.831. The highest BCUT2D eigenvalue weighted by Crippen LogP contribution is 2.27. The zero-order valence-corrected chi connectivity index (χ0v) is 11.8. The van der Waals surface area contributed by atoms with Crippen molar-refractivity contribution >= 4 is 0 Å². The molecule has 0 bridgehead atoms. The van der Waals surface area contributed by atoms with E-state index in [0.29, 0.717) is 6.04 Å². The van der Waals surface area contributed by atoms with Gasteiger partial charge in [0.05, 0.1) is 0 Å². The van der Waals surface area contributed by atoms with E-state index < -0.39 is 0 Å². The fourth-order valence-electron chi connectivity index (χ4n) is 2.55. The van der Waals surface area contributed by atoms with Gasteiger partial charge in [-0.25, -0.2) is 0 Å². The summed E-state index contributed by atoms with van der Waals surface area (Å²) in [5, 5.41) is 3.49. The molecule has 1 aromatic rings. The summed E-state index contributed by atoms with van der Waals surface area (Å²) >= 11 is 0. The van der Waals surface area contributed by atoms with Crippen molar-refractivity contribution in [1.82, 2.24) is 5.32 Å². The Balaban J connectivity index is 2.85. The highest BCUT2D eigenvalue weighted by Gasteiger charge is 2.16. The fourth-order valence-corrected chi connectivity index (χ4v) is 2.55. The molecule has 0 amide bonds. The number of rotatable bonds is 7. The molecule has 0 aliphatic carbocycles. The van der Waals surface area contributed by atoms with Gasteiger partial charge in [0.25, 0.3) is 0 Å². The lowest BCUT2D eigenvalue weighted by atomic mass is 9.88. The second-order valence-corrected chi connectivity index (χ2v) is 4.81. The highest BCUT2D eigenvalue weighted by atomic mass is 14.9. The molecule has 0 aliphatic heterocycles. The normalized spacial score (nSPS) is 13.0. The van der Waals surface area contributed by atoms with Crippen LogP contribution < -0.4 is 5.32 Å². The van der Waals surface area contributed by atoms with E-state index >= 15 is 0 Å². The quantitative estimate of drug-likeness (QED) is 0.739. The fraction of sp³-hybridized carbons (Fsp3) is 0.625. The van der Waals surface area contributed by atoms with Crippen molar-refractivity contribution in [2.24, 2.45) is 5.92 Å². The van der Waals surface area contributed by atoms with E-state index in [4.69, 9.17) is 0 Å². The lowest BCUT2D eigenvalue weighted by molar-refractivity contribution is 0.384. The number of hydrogen-bond acceptors (Lipinski definition) is 1. The third-order valence-corrected chi connectivity index (χ3v) is 3.88. The molecule has 1 N–H and O–H groups in total. The number of hydrogen-bond donors (Lipinski definition) is 1. The molecule has 0 fully saturated rings. The van der Waals surface area contributed by atoms with Crippen molar-refractivity contribution < 1.29 is 0 Å². The molecule has 1 atom stereocenters. The van der Waals surface area contributed by atoms with E-state index in [-0.39, 0.29) is 0 Å². The minimum atomic E-state index is 0.510. The van der Waals surface area contributed by atoms with Crippen molar-refractivity contribution in [3.8, 4) is 0 Å². The van der Waals surface area contributed by atoms with Crippen LogP contribution in [0.5, 0.6) is 0 Å². The Kier molecular flexibility index (Phi) is 6.28. The van der Waals surface area contributed by atoms with Crippen LogP contribution >= 0.6 is 0 Å². The van der Waals surface area contributed by atoms with E-state index in [1.54, 1.807) is 0 Å². The van der Waals surface area contributed by atoms with Crippen LogP contribution in [0.4, 0.5) is 0 Å². The van der Waals surface area contributed by atoms with Gasteiger partial charge in [0.15, 0.2) is 0 Å². The first-order chi connectivity index (χ1) is 8.26. The van der Waals surface area contributed by atoms with Gasteiger partial charge in [-0.1, -0.05) is 57.9 Å². The summed E-state index contributed by atoms with van der Waals surface area (Å²) in [4.78, 5) is 0. The molecular weight excluding hydrogens is 206 g/mol. The van der Waals surface area contributed by atoms with Crippen molar-refractivity contribution in [2.45, 2.75) is 52.5 Å². The molecule has 0 heterocycles. The van der Waals surface area contributed by atoms with Gasteiger partial charge in [-0.2, -0.15) is 0 Å². The first-order valence-electron chi connectivity index (χ1n) is 7.01. The zero-order valence-electron chi connectivity index (χ0n) is 11.8. The van der Waals surface area contributed by atoms with Crippen LogP contribution in [0.15, 0.2) is 24.3 Å². The third-order valence-electron chi connectivity index (χ3n) is 3.88. The molecule has 1 rings (SSSR count). The molecule has 1 aromatic carbocycles. The molecule has 0 spiro atoms. The smallest absolute Gasteiger partial charge is 0.0322 e. The number of benzene rings is 1. The highest BCUT2D eigenvalue weighted by molar-refractivity contribution is 5.30. The first-order valence-corrected chi connectivity index (χ1v) is 7.01. The van der Waals surface area contributed by atoms with Gasteiger partial charge >= 0.3 is 0 Å². The standard InChI is InChI=1S/C16H27N/c1-5-13(6-2)12-16(17-4)15-11-9-8-10-14(15)7-3/h8-11,13,16-17H,5-7,12H2,1-4H3. The molecule has 1 unspecified atom stereocenters. The van der Waals surface area contributed by atoms with E-state index in [2.05, 4.69) is 57.4 Å². The monoisotopic (exact) mass is 233 g/mol. The van der Waals surface area contributed by atoms with Crippen molar-refractivity contribution in [1.29, 1.82) is 0 Å². The zero-order chi connectivity index (χ0) is 12.7. The van der Waals surface area contributed by atoms with Gasteiger partial charge in [0.2, 0.25) is 0 Å². The molecule has 0 saturated heterocycles. The van der Waals surface area contributed by atoms with Crippen LogP contribution in [-0.4, -0.2) is 7.05 Å². The van der Waals surface area contributed by atoms with Gasteiger partial charge in [-0.3, -0.25) is 0 Å². The molecule has 0 radical (unpaired) electrons. The third kappa shape index (κ3) is 3.85. The second kappa shape index (κ2) is 7.50. The molecule has 17 heavy (non-hydrogen) atoms. The molecule has 0 saturated carbocycles. The lowest BCUT2D eigenvalue weighted by Crippen LogP contribution is -2.21. The summed E-state index contributed by atoms with van der Waals surface area (Å²) in [7, 11) is 2.08. The Morgan fingerprint density at radius 1 is 1.06 bits per heavy atom. The van der Waals surface area contributed by atoms with Crippen molar-refractivity contribution in [3.05, 3.63) is 35.4 Å². The Bertz CT molecular complexity index is 315. The topological polar surface area (TPSA) is 12.0 Å². The number of aryl methyl sites for hydroxylation is 1. The second-order valence-electron chi connectivity index (χ2n) is 4.81. The summed E-state index contributed by atoms with van der Waals surface area (Å²) in [5.41, 5.74) is 2.97. The Morgan fingerprint density at radius 2 is 1.71 bits per heavy atom. The van der Waals surface area contributed by atoms with Crippen LogP contribution in [0.2, 0.25) is 0 Å². The first kappa shape index (κ1) is 14.2. The van der Waals surface area contributed by atoms with Crippen LogP contribution in [0.3, 0.4) is 0 Å². The van der Waals surface area contributed by atoms with E-state index in [9.17, 15) is 0 Å². The van der Waals surface area contributed by atoms with Gasteiger partial charge in [0.1, 0.15) is 0 Å². The van der Waals surface area contributed by atoms with Crippen LogP contribution in [0.25, 0.3) is 0 Å². The van der Waals surface area contributed by atoms with Crippen LogP contribution in [0.1, 0.15) is 57.2 Å². The lowest BCUT2D eigenvalue weighted by Gasteiger charge is -2.24. The summed E-state index contributed by atoms with van der Waals surface area (Å²) in [6.45, 7) is 6.84. The largest absolute Gasteiger partial charge is 0.313 e.